The SMILES string of the molecule is CC1C[C@H]2C[C@](O)(CC[C@H]2Nc2c(-c3nnc(CO)o3)cnc3[nH]ccc23)C1. The Morgan fingerprint density at radius 1 is 1.36 bits per heavy atom. The fraction of sp³-hybridized carbons (Fsp3) is 0.550. The summed E-state index contributed by atoms with van der Waals surface area (Å²) in [5.74, 6) is 1.47. The number of aromatic nitrogens is 4. The molecule has 4 atom stereocenters. The van der Waals surface area contributed by atoms with Crippen molar-refractivity contribution in [2.75, 3.05) is 5.32 Å². The maximum atomic E-state index is 10.9. The van der Waals surface area contributed by atoms with Gasteiger partial charge in [0.15, 0.2) is 0 Å². The van der Waals surface area contributed by atoms with Crippen LogP contribution in [0.2, 0.25) is 0 Å². The summed E-state index contributed by atoms with van der Waals surface area (Å²) in [5.41, 5.74) is 1.92. The molecule has 2 aliphatic carbocycles. The number of hydrogen-bond donors (Lipinski definition) is 4. The second-order valence-electron chi connectivity index (χ2n) is 8.47. The van der Waals surface area contributed by atoms with Crippen LogP contribution in [0, 0.1) is 11.8 Å². The van der Waals surface area contributed by atoms with Crippen LogP contribution in [0.1, 0.15) is 44.9 Å². The van der Waals surface area contributed by atoms with Gasteiger partial charge in [-0.2, -0.15) is 0 Å². The van der Waals surface area contributed by atoms with Gasteiger partial charge in [-0.25, -0.2) is 4.98 Å². The number of anilines is 1. The Kier molecular flexibility index (Phi) is 4.13. The predicted octanol–water partition coefficient (Wildman–Crippen LogP) is 2.85. The van der Waals surface area contributed by atoms with Crippen molar-refractivity contribution in [3.63, 3.8) is 0 Å². The molecule has 148 valence electrons. The number of aliphatic hydroxyl groups excluding tert-OH is 1. The van der Waals surface area contributed by atoms with Gasteiger partial charge in [0.25, 0.3) is 5.89 Å². The van der Waals surface area contributed by atoms with Crippen LogP contribution in [0.3, 0.4) is 0 Å². The van der Waals surface area contributed by atoms with Gasteiger partial charge in [0, 0.05) is 23.8 Å². The Balaban J connectivity index is 1.53. The lowest BCUT2D eigenvalue weighted by atomic mass is 9.64. The summed E-state index contributed by atoms with van der Waals surface area (Å²) in [5, 5.41) is 32.8. The highest BCUT2D eigenvalue weighted by Gasteiger charge is 2.44. The maximum absolute atomic E-state index is 10.9. The molecule has 0 aliphatic heterocycles. The van der Waals surface area contributed by atoms with Crippen molar-refractivity contribution in [2.45, 2.75) is 57.3 Å². The number of nitrogens with one attached hydrogen (secondary N) is 2. The third-order valence-corrected chi connectivity index (χ3v) is 6.31. The number of hydrogen-bond acceptors (Lipinski definition) is 7. The lowest BCUT2D eigenvalue weighted by Gasteiger charge is -2.48. The molecule has 0 saturated heterocycles. The minimum absolute atomic E-state index is 0.180. The van der Waals surface area contributed by atoms with Crippen molar-refractivity contribution in [2.24, 2.45) is 11.8 Å². The molecule has 2 fully saturated rings. The number of nitrogens with zero attached hydrogens (tertiary/aromatic N) is 3. The lowest BCUT2D eigenvalue weighted by molar-refractivity contribution is -0.0677. The van der Waals surface area contributed by atoms with E-state index in [4.69, 9.17) is 4.42 Å². The van der Waals surface area contributed by atoms with Gasteiger partial charge in [-0.15, -0.1) is 10.2 Å². The molecule has 2 saturated carbocycles. The maximum Gasteiger partial charge on any atom is 0.251 e. The second-order valence-corrected chi connectivity index (χ2v) is 8.47. The summed E-state index contributed by atoms with van der Waals surface area (Å²) in [7, 11) is 0. The van der Waals surface area contributed by atoms with Crippen molar-refractivity contribution < 1.29 is 14.6 Å². The molecule has 0 spiro atoms. The molecule has 4 N–H and O–H groups in total. The second kappa shape index (κ2) is 6.56. The number of rotatable bonds is 4. The third-order valence-electron chi connectivity index (χ3n) is 6.31. The molecule has 2 bridgehead atoms. The first-order valence-corrected chi connectivity index (χ1v) is 9.93. The zero-order valence-corrected chi connectivity index (χ0v) is 15.9. The Morgan fingerprint density at radius 3 is 3.07 bits per heavy atom. The van der Waals surface area contributed by atoms with E-state index in [1.54, 1.807) is 6.20 Å². The molecule has 8 heteroatoms. The molecule has 3 aromatic heterocycles. The van der Waals surface area contributed by atoms with E-state index in [9.17, 15) is 10.2 Å². The number of fused-ring (bicyclic) bond motifs is 3. The minimum Gasteiger partial charge on any atom is -0.418 e. The molecular weight excluding hydrogens is 358 g/mol. The van der Waals surface area contributed by atoms with E-state index in [0.717, 1.165) is 54.4 Å². The molecule has 0 radical (unpaired) electrons. The fourth-order valence-corrected chi connectivity index (χ4v) is 5.20. The van der Waals surface area contributed by atoms with Crippen LogP contribution < -0.4 is 5.32 Å². The van der Waals surface area contributed by atoms with Crippen molar-refractivity contribution in [1.29, 1.82) is 0 Å². The molecule has 0 amide bonds. The van der Waals surface area contributed by atoms with Crippen LogP contribution >= 0.6 is 0 Å². The highest BCUT2D eigenvalue weighted by Crippen LogP contribution is 2.47. The number of aliphatic hydroxyl groups is 2. The summed E-state index contributed by atoms with van der Waals surface area (Å²) >= 11 is 0. The monoisotopic (exact) mass is 383 g/mol. The first-order chi connectivity index (χ1) is 13.5. The van der Waals surface area contributed by atoms with Crippen molar-refractivity contribution in [3.8, 4) is 11.5 Å². The van der Waals surface area contributed by atoms with Crippen LogP contribution in [0.5, 0.6) is 0 Å². The minimum atomic E-state index is -0.506. The lowest BCUT2D eigenvalue weighted by Crippen LogP contribution is -2.49. The van der Waals surface area contributed by atoms with Crippen molar-refractivity contribution in [3.05, 3.63) is 24.4 Å². The van der Waals surface area contributed by atoms with E-state index in [1.807, 2.05) is 12.3 Å². The molecule has 1 unspecified atom stereocenters. The normalized spacial score (nSPS) is 29.9. The first-order valence-electron chi connectivity index (χ1n) is 9.93. The standard InChI is InChI=1S/C20H25N5O3/c1-11-6-12-8-20(27,7-11)4-2-15(12)23-17-13-3-5-21-18(13)22-9-14(17)19-25-24-16(10-26)28-19/h3,5,9,11-12,15,26-27H,2,4,6-8,10H2,1H3,(H2,21,22,23)/t11?,12-,15+,20-/m0/s1. The van der Waals surface area contributed by atoms with Crippen molar-refractivity contribution in [1.82, 2.24) is 20.2 Å². The summed E-state index contributed by atoms with van der Waals surface area (Å²) in [6, 6.07) is 2.25. The van der Waals surface area contributed by atoms with Gasteiger partial charge in [-0.3, -0.25) is 0 Å². The molecule has 5 rings (SSSR count). The van der Waals surface area contributed by atoms with E-state index in [-0.39, 0.29) is 18.5 Å². The summed E-state index contributed by atoms with van der Waals surface area (Å²) in [6.07, 6.45) is 8.20. The zero-order valence-electron chi connectivity index (χ0n) is 15.9. The van der Waals surface area contributed by atoms with E-state index in [1.165, 1.54) is 0 Å². The Bertz CT molecular complexity index is 999. The quantitative estimate of drug-likeness (QED) is 0.547. The Hall–Kier alpha value is -2.45. The molecule has 3 aromatic rings. The average Bonchev–Trinajstić information content (AvgIpc) is 3.32. The number of pyridine rings is 1. The van der Waals surface area contributed by atoms with Crippen LogP contribution in [0.4, 0.5) is 5.69 Å². The van der Waals surface area contributed by atoms with Gasteiger partial charge < -0.3 is 24.9 Å². The zero-order chi connectivity index (χ0) is 19.3. The largest absolute Gasteiger partial charge is 0.418 e. The van der Waals surface area contributed by atoms with Gasteiger partial charge >= 0.3 is 0 Å². The molecule has 0 aromatic carbocycles. The molecule has 2 aliphatic rings. The summed E-state index contributed by atoms with van der Waals surface area (Å²) in [6.45, 7) is 1.94. The summed E-state index contributed by atoms with van der Waals surface area (Å²) in [4.78, 5) is 7.62. The third kappa shape index (κ3) is 2.97. The van der Waals surface area contributed by atoms with Gasteiger partial charge in [-0.1, -0.05) is 6.92 Å². The van der Waals surface area contributed by atoms with Crippen LogP contribution in [0.25, 0.3) is 22.5 Å². The number of H-pyrrole nitrogens is 1. The topological polar surface area (TPSA) is 120 Å². The molecule has 8 nitrogen and oxygen atoms in total. The van der Waals surface area contributed by atoms with E-state index >= 15 is 0 Å². The van der Waals surface area contributed by atoms with Gasteiger partial charge in [0.2, 0.25) is 5.89 Å². The average molecular weight is 383 g/mol. The highest BCUT2D eigenvalue weighted by atomic mass is 16.4. The van der Waals surface area contributed by atoms with Gasteiger partial charge in [-0.05, 0) is 50.0 Å². The van der Waals surface area contributed by atoms with E-state index < -0.39 is 5.60 Å². The Morgan fingerprint density at radius 2 is 2.25 bits per heavy atom. The number of aromatic amines is 1. The fourth-order valence-electron chi connectivity index (χ4n) is 5.20. The predicted molar refractivity (Wildman–Crippen MR) is 103 cm³/mol. The Labute approximate surface area is 162 Å². The highest BCUT2D eigenvalue weighted by molar-refractivity contribution is 5.97. The van der Waals surface area contributed by atoms with Crippen molar-refractivity contribution >= 4 is 16.7 Å². The summed E-state index contributed by atoms with van der Waals surface area (Å²) < 4.78 is 5.59. The molecule has 3 heterocycles. The van der Waals surface area contributed by atoms with Gasteiger partial charge in [0.1, 0.15) is 12.3 Å². The van der Waals surface area contributed by atoms with Crippen LogP contribution in [0.15, 0.2) is 22.9 Å². The molecular formula is C20H25N5O3. The van der Waals surface area contributed by atoms with Crippen LogP contribution in [-0.4, -0.2) is 42.0 Å². The molecule has 28 heavy (non-hydrogen) atoms. The van der Waals surface area contributed by atoms with E-state index in [2.05, 4.69) is 32.4 Å². The van der Waals surface area contributed by atoms with Crippen LogP contribution in [-0.2, 0) is 6.61 Å². The van der Waals surface area contributed by atoms with Gasteiger partial charge in [0.05, 0.1) is 16.9 Å². The first kappa shape index (κ1) is 17.6. The smallest absolute Gasteiger partial charge is 0.251 e. The van der Waals surface area contributed by atoms with E-state index in [0.29, 0.717) is 17.7 Å².